The Hall–Kier alpha value is -2.50. The van der Waals surface area contributed by atoms with Gasteiger partial charge < -0.3 is 10.3 Å². The number of hydrogen-bond donors (Lipinski definition) is 4. The van der Waals surface area contributed by atoms with Crippen LogP contribution in [-0.4, -0.2) is 35.4 Å². The summed E-state index contributed by atoms with van der Waals surface area (Å²) in [6, 6.07) is 5.45. The third-order valence-corrected chi connectivity index (χ3v) is 4.13. The molecule has 0 heterocycles. The van der Waals surface area contributed by atoms with Crippen molar-refractivity contribution in [1.29, 1.82) is 0 Å². The first-order valence-electron chi connectivity index (χ1n) is 8.39. The first kappa shape index (κ1) is 24.5. The van der Waals surface area contributed by atoms with E-state index < -0.39 is 29.4 Å². The zero-order chi connectivity index (χ0) is 22.0. The number of anilines is 1. The van der Waals surface area contributed by atoms with Gasteiger partial charge in [-0.15, -0.1) is 0 Å². The number of carbonyl (C=O) groups excluding carboxylic acids is 3. The van der Waals surface area contributed by atoms with E-state index >= 15 is 0 Å². The fraction of sp³-hybridized carbons (Fsp3) is 0.353. The second-order valence-electron chi connectivity index (χ2n) is 6.39. The van der Waals surface area contributed by atoms with Gasteiger partial charge in [-0.05, 0) is 6.42 Å². The molecule has 0 fully saturated rings. The molecule has 0 bridgehead atoms. The Bertz CT molecular complexity index is 820. The van der Waals surface area contributed by atoms with Crippen molar-refractivity contribution in [3.8, 4) is 11.9 Å². The van der Waals surface area contributed by atoms with Crippen LogP contribution in [0.4, 0.5) is 5.69 Å². The zero-order valence-electron chi connectivity index (χ0n) is 16.0. The van der Waals surface area contributed by atoms with Crippen molar-refractivity contribution in [3.63, 3.8) is 0 Å². The molecule has 0 saturated carbocycles. The molecule has 2 atom stereocenters. The number of rotatable bonds is 8. The zero-order valence-corrected chi connectivity index (χ0v) is 18.1. The van der Waals surface area contributed by atoms with Crippen LogP contribution in [-0.2, 0) is 18.9 Å². The molecule has 1 aromatic rings. The fourth-order valence-corrected chi connectivity index (χ4v) is 2.38. The van der Waals surface area contributed by atoms with Gasteiger partial charge in [0.1, 0.15) is 6.04 Å². The Morgan fingerprint density at radius 1 is 1.31 bits per heavy atom. The van der Waals surface area contributed by atoms with E-state index in [4.69, 9.17) is 22.3 Å². The monoisotopic (exact) mass is 440 g/mol. The molecule has 29 heavy (non-hydrogen) atoms. The second kappa shape index (κ2) is 11.5. The van der Waals surface area contributed by atoms with Crippen molar-refractivity contribution >= 4 is 47.1 Å². The van der Waals surface area contributed by atoms with Crippen LogP contribution in [0.2, 0.25) is 0 Å². The maximum absolute atomic E-state index is 12.4. The van der Waals surface area contributed by atoms with E-state index in [0.717, 1.165) is 0 Å². The van der Waals surface area contributed by atoms with Gasteiger partial charge in [0.05, 0.1) is 9.47 Å². The van der Waals surface area contributed by atoms with Gasteiger partial charge in [0.15, 0.2) is 0 Å². The van der Waals surface area contributed by atoms with E-state index in [2.05, 4.69) is 19.9 Å². The fourth-order valence-electron chi connectivity index (χ4n) is 2.03. The molecule has 2 unspecified atom stereocenters. The molecule has 156 valence electrons. The van der Waals surface area contributed by atoms with E-state index in [0.29, 0.717) is 5.69 Å². The number of benzene rings is 1. The van der Waals surface area contributed by atoms with Gasteiger partial charge in [0.25, 0.3) is 0 Å². The number of esters is 1. The average Bonchev–Trinajstić information content (AvgIpc) is 2.66. The molecule has 0 aliphatic heterocycles. The molecule has 1 amide bonds. The molecule has 0 radical (unpaired) electrons. The van der Waals surface area contributed by atoms with Crippen LogP contribution in [0.1, 0.15) is 26.7 Å². The first-order chi connectivity index (χ1) is 13.6. The number of carbonyl (C=O) groups is 3. The maximum atomic E-state index is 12.4. The summed E-state index contributed by atoms with van der Waals surface area (Å²) in [5.74, 6) is -1.33. The van der Waals surface area contributed by atoms with Crippen LogP contribution in [0.5, 0.6) is 5.75 Å². The minimum absolute atomic E-state index is 0.0524. The number of guanidine groups is 1. The Kier molecular flexibility index (Phi) is 9.72. The second-order valence-corrected chi connectivity index (χ2v) is 7.06. The molecular weight excluding hydrogens is 416 g/mol. The van der Waals surface area contributed by atoms with Crippen LogP contribution in [0.15, 0.2) is 29.0 Å². The number of hydrogen-bond acceptors (Lipinski definition) is 7. The summed E-state index contributed by atoms with van der Waals surface area (Å²) in [7, 11) is 2.08. The van der Waals surface area contributed by atoms with Crippen LogP contribution in [0.3, 0.4) is 0 Å². The minimum atomic E-state index is -1.30. The predicted molar refractivity (Wildman–Crippen MR) is 114 cm³/mol. The number of nitrogens with zero attached hydrogens (tertiary/aromatic N) is 1. The van der Waals surface area contributed by atoms with Gasteiger partial charge in [0.2, 0.25) is 0 Å². The summed E-state index contributed by atoms with van der Waals surface area (Å²) in [5.41, 5.74) is 10.5. The number of amides is 1. The van der Waals surface area contributed by atoms with Crippen molar-refractivity contribution in [2.45, 2.75) is 38.3 Å². The Balaban J connectivity index is 2.61. The van der Waals surface area contributed by atoms with Crippen molar-refractivity contribution in [3.05, 3.63) is 24.3 Å². The molecule has 0 spiro atoms. The standard InChI is InChI=1S/C17H23N5O5P2/c1-17(2,21-13(23)9-8-12(18)14(24)27-28)15(25)26-11-6-4-10(5-7-11)20-16(19)22-29-3/h3-7,12H,8-9,18,28H2,1-2H3,(H3-,19,20,21,22,23)/p+1. The van der Waals surface area contributed by atoms with Crippen LogP contribution in [0.25, 0.3) is 0 Å². The summed E-state index contributed by atoms with van der Waals surface area (Å²) in [6.45, 7) is 3.01. The number of nitrogens with one attached hydrogen (secondary N) is 2. The van der Waals surface area contributed by atoms with Crippen LogP contribution >= 0.6 is 17.7 Å². The third-order valence-electron chi connectivity index (χ3n) is 3.57. The van der Waals surface area contributed by atoms with Gasteiger partial charge >= 0.3 is 124 Å². The number of nitrogens with two attached hydrogens (primary N) is 2. The van der Waals surface area contributed by atoms with Crippen molar-refractivity contribution in [2.75, 3.05) is 5.32 Å². The number of ether oxygens (including phenoxy) is 1. The Labute approximate surface area is 172 Å². The average molecular weight is 440 g/mol. The summed E-state index contributed by atoms with van der Waals surface area (Å²) >= 11 is 0. The van der Waals surface area contributed by atoms with Gasteiger partial charge in [-0.25, -0.2) is 0 Å². The van der Waals surface area contributed by atoms with Crippen LogP contribution in [0, 0.1) is 6.13 Å². The first-order valence-corrected chi connectivity index (χ1v) is 9.77. The van der Waals surface area contributed by atoms with E-state index in [1.54, 1.807) is 33.7 Å². The molecule has 0 aromatic heterocycles. The molecule has 0 aliphatic carbocycles. The molecule has 12 heteroatoms. The summed E-state index contributed by atoms with van der Waals surface area (Å²) < 4.78 is 13.5. The summed E-state index contributed by atoms with van der Waals surface area (Å²) in [6.07, 6.45) is 5.27. The van der Waals surface area contributed by atoms with E-state index in [1.807, 2.05) is 0 Å². The molecule has 1 rings (SSSR count). The van der Waals surface area contributed by atoms with Gasteiger partial charge in [-0.3, -0.25) is 9.59 Å². The topological polar surface area (TPSA) is 158 Å². The van der Waals surface area contributed by atoms with E-state index in [9.17, 15) is 14.4 Å². The molecule has 10 nitrogen and oxygen atoms in total. The molecular formula is C17H24N5O5P2+. The van der Waals surface area contributed by atoms with Gasteiger partial charge in [-0.1, -0.05) is 0 Å². The van der Waals surface area contributed by atoms with Gasteiger partial charge in [-0.2, -0.15) is 0 Å². The normalized spacial score (nSPS) is 12.4. The van der Waals surface area contributed by atoms with Crippen molar-refractivity contribution < 1.29 is 23.6 Å². The van der Waals surface area contributed by atoms with Crippen molar-refractivity contribution in [1.82, 2.24) is 5.32 Å². The summed E-state index contributed by atoms with van der Waals surface area (Å²) in [5, 5.41) is 5.37. The quantitative estimate of drug-likeness (QED) is 0.154. The molecule has 6 N–H and O–H groups in total. The van der Waals surface area contributed by atoms with Crippen molar-refractivity contribution in [2.24, 2.45) is 16.2 Å². The Morgan fingerprint density at radius 2 is 1.93 bits per heavy atom. The van der Waals surface area contributed by atoms with E-state index in [1.165, 1.54) is 13.8 Å². The van der Waals surface area contributed by atoms with E-state index in [-0.39, 0.29) is 32.7 Å². The molecule has 1 aromatic carbocycles. The predicted octanol–water partition coefficient (Wildman–Crippen LogP) is 1.10. The molecule has 0 saturated heterocycles. The van der Waals surface area contributed by atoms with Gasteiger partial charge in [0, 0.05) is 6.42 Å². The summed E-state index contributed by atoms with van der Waals surface area (Å²) in [4.78, 5) is 35.7. The SMILES string of the molecule is C#[P+]N=C(N)Nc1ccc(OC(=O)C(C)(C)NC(=O)CCC(N)C(=O)OP)cc1. The third kappa shape index (κ3) is 8.59. The molecule has 0 aliphatic rings. The Morgan fingerprint density at radius 3 is 2.48 bits per heavy atom. The van der Waals surface area contributed by atoms with Crippen LogP contribution < -0.4 is 26.8 Å².